The van der Waals surface area contributed by atoms with E-state index in [-0.39, 0.29) is 5.41 Å². The minimum atomic E-state index is 0.0261. The Kier molecular flexibility index (Phi) is 11.3. The van der Waals surface area contributed by atoms with E-state index in [2.05, 4.69) is 63.2 Å². The predicted octanol–water partition coefficient (Wildman–Crippen LogP) is 11.6. The average Bonchev–Trinajstić information content (AvgIpc) is 3.24. The number of hydrogen-bond acceptors (Lipinski definition) is 2. The van der Waals surface area contributed by atoms with Gasteiger partial charge in [0.15, 0.2) is 6.29 Å². The average molecular weight is 553 g/mol. The fourth-order valence-electron chi connectivity index (χ4n) is 7.13. The second-order valence-corrected chi connectivity index (χ2v) is 12.5. The van der Waals surface area contributed by atoms with Crippen LogP contribution in [0.25, 0.3) is 22.3 Å². The molecule has 2 heteroatoms. The molecule has 0 heterocycles. The summed E-state index contributed by atoms with van der Waals surface area (Å²) < 4.78 is 5.67. The lowest BCUT2D eigenvalue weighted by Crippen LogP contribution is -2.25. The van der Waals surface area contributed by atoms with E-state index < -0.39 is 0 Å². The minimum Gasteiger partial charge on any atom is -0.496 e. The Labute approximate surface area is 249 Å². The van der Waals surface area contributed by atoms with Crippen LogP contribution in [0, 0.1) is 13.8 Å². The molecule has 4 rings (SSSR count). The molecule has 0 unspecified atom stereocenters. The summed E-state index contributed by atoms with van der Waals surface area (Å²) >= 11 is 0. The Hall–Kier alpha value is -2.87. The fourth-order valence-corrected chi connectivity index (χ4v) is 7.13. The summed E-state index contributed by atoms with van der Waals surface area (Å²) in [5, 5.41) is 0. The van der Waals surface area contributed by atoms with E-state index in [1.807, 2.05) is 13.0 Å². The molecule has 0 radical (unpaired) electrons. The van der Waals surface area contributed by atoms with Crippen LogP contribution in [0.4, 0.5) is 0 Å². The minimum absolute atomic E-state index is 0.0261. The largest absolute Gasteiger partial charge is 0.496 e. The van der Waals surface area contributed by atoms with Crippen LogP contribution < -0.4 is 4.74 Å². The Morgan fingerprint density at radius 3 is 1.80 bits per heavy atom. The Balaban J connectivity index is 1.77. The molecule has 0 fully saturated rings. The molecule has 0 saturated heterocycles. The van der Waals surface area contributed by atoms with Gasteiger partial charge >= 0.3 is 0 Å². The van der Waals surface area contributed by atoms with Crippen LogP contribution in [0.3, 0.4) is 0 Å². The number of aryl methyl sites for hydroxylation is 2. The molecule has 3 aromatic rings. The molecule has 2 nitrogen and oxygen atoms in total. The number of carbonyl (C=O) groups is 1. The van der Waals surface area contributed by atoms with Crippen molar-refractivity contribution in [3.63, 3.8) is 0 Å². The number of hydrogen-bond donors (Lipinski definition) is 0. The summed E-state index contributed by atoms with van der Waals surface area (Å²) in [6.45, 7) is 8.83. The Morgan fingerprint density at radius 1 is 0.659 bits per heavy atom. The van der Waals surface area contributed by atoms with Gasteiger partial charge < -0.3 is 4.74 Å². The first-order valence-electron chi connectivity index (χ1n) is 16.4. The van der Waals surface area contributed by atoms with Crippen LogP contribution in [0.1, 0.15) is 136 Å². The maximum Gasteiger partial charge on any atom is 0.150 e. The first-order chi connectivity index (χ1) is 20.0. The maximum absolute atomic E-state index is 12.2. The Morgan fingerprint density at radius 2 is 1.22 bits per heavy atom. The standard InChI is InChI=1S/C39H52O2/c1-6-8-10-12-14-16-22-39(23-17-15-13-11-9-7-2)36-24-29(3)18-20-33(36)34-21-19-31(26-37(34)39)35-27-38(41-5)30(4)25-32(35)28-40/h18-21,24-28H,6-17,22-23H2,1-5H3. The number of rotatable bonds is 17. The normalized spacial score (nSPS) is 13.2. The zero-order valence-electron chi connectivity index (χ0n) is 26.4. The molecule has 0 spiro atoms. The third-order valence-corrected chi connectivity index (χ3v) is 9.44. The van der Waals surface area contributed by atoms with Gasteiger partial charge in [-0.1, -0.05) is 127 Å². The summed E-state index contributed by atoms with van der Waals surface area (Å²) in [5.41, 5.74) is 11.0. The van der Waals surface area contributed by atoms with Crippen molar-refractivity contribution in [3.8, 4) is 28.0 Å². The van der Waals surface area contributed by atoms with E-state index in [1.54, 1.807) is 7.11 Å². The third kappa shape index (κ3) is 6.96. The van der Waals surface area contributed by atoms with Crippen molar-refractivity contribution in [2.24, 2.45) is 0 Å². The van der Waals surface area contributed by atoms with E-state index >= 15 is 0 Å². The number of ether oxygens (including phenoxy) is 1. The summed E-state index contributed by atoms with van der Waals surface area (Å²) in [7, 11) is 1.71. The highest BCUT2D eigenvalue weighted by molar-refractivity contribution is 5.91. The number of benzene rings is 3. The van der Waals surface area contributed by atoms with Crippen LogP contribution >= 0.6 is 0 Å². The summed E-state index contributed by atoms with van der Waals surface area (Å²) in [6.07, 6.45) is 19.1. The lowest BCUT2D eigenvalue weighted by Gasteiger charge is -2.33. The van der Waals surface area contributed by atoms with Gasteiger partial charge in [0.1, 0.15) is 5.75 Å². The van der Waals surface area contributed by atoms with Crippen LogP contribution in [-0.4, -0.2) is 13.4 Å². The first-order valence-corrected chi connectivity index (χ1v) is 16.4. The van der Waals surface area contributed by atoms with Gasteiger partial charge in [-0.25, -0.2) is 0 Å². The van der Waals surface area contributed by atoms with Gasteiger partial charge in [-0.3, -0.25) is 4.79 Å². The van der Waals surface area contributed by atoms with Crippen LogP contribution in [0.2, 0.25) is 0 Å². The van der Waals surface area contributed by atoms with E-state index in [0.29, 0.717) is 0 Å². The van der Waals surface area contributed by atoms with Crippen molar-refractivity contribution in [1.29, 1.82) is 0 Å². The van der Waals surface area contributed by atoms with Gasteiger partial charge in [0, 0.05) is 11.0 Å². The molecule has 1 aliphatic carbocycles. The number of unbranched alkanes of at least 4 members (excludes halogenated alkanes) is 10. The van der Waals surface area contributed by atoms with Gasteiger partial charge in [-0.05, 0) is 83.8 Å². The van der Waals surface area contributed by atoms with Gasteiger partial charge in [0.2, 0.25) is 0 Å². The molecular formula is C39H52O2. The van der Waals surface area contributed by atoms with Crippen molar-refractivity contribution >= 4 is 6.29 Å². The molecule has 0 bridgehead atoms. The molecular weight excluding hydrogens is 500 g/mol. The lowest BCUT2D eigenvalue weighted by atomic mass is 9.70. The molecule has 3 aromatic carbocycles. The molecule has 0 saturated carbocycles. The summed E-state index contributed by atoms with van der Waals surface area (Å²) in [6, 6.07) is 18.1. The SMILES string of the molecule is CCCCCCCCC1(CCCCCCCC)c2cc(C)ccc2-c2ccc(-c3cc(OC)c(C)cc3C=O)cc21. The molecule has 1 aliphatic rings. The van der Waals surface area contributed by atoms with Crippen molar-refractivity contribution in [1.82, 2.24) is 0 Å². The van der Waals surface area contributed by atoms with E-state index in [9.17, 15) is 4.79 Å². The van der Waals surface area contributed by atoms with Crippen molar-refractivity contribution in [2.45, 2.75) is 123 Å². The number of carbonyl (C=O) groups excluding carboxylic acids is 1. The lowest BCUT2D eigenvalue weighted by molar-refractivity contribution is 0.112. The molecule has 0 atom stereocenters. The van der Waals surface area contributed by atoms with E-state index in [0.717, 1.165) is 34.3 Å². The second kappa shape index (κ2) is 14.9. The molecule has 220 valence electrons. The maximum atomic E-state index is 12.2. The summed E-state index contributed by atoms with van der Waals surface area (Å²) in [5.74, 6) is 0.829. The van der Waals surface area contributed by atoms with E-state index in [4.69, 9.17) is 4.74 Å². The van der Waals surface area contributed by atoms with Gasteiger partial charge in [0.25, 0.3) is 0 Å². The van der Waals surface area contributed by atoms with Crippen LogP contribution in [0.15, 0.2) is 48.5 Å². The number of aldehydes is 1. The van der Waals surface area contributed by atoms with Gasteiger partial charge in [-0.15, -0.1) is 0 Å². The highest BCUT2D eigenvalue weighted by Crippen LogP contribution is 2.55. The molecule has 41 heavy (non-hydrogen) atoms. The third-order valence-electron chi connectivity index (χ3n) is 9.44. The number of fused-ring (bicyclic) bond motifs is 3. The molecule has 0 aromatic heterocycles. The van der Waals surface area contributed by atoms with Crippen LogP contribution in [-0.2, 0) is 5.41 Å². The second-order valence-electron chi connectivity index (χ2n) is 12.5. The van der Waals surface area contributed by atoms with Crippen molar-refractivity contribution in [3.05, 3.63) is 76.3 Å². The highest BCUT2D eigenvalue weighted by Gasteiger charge is 2.42. The number of methoxy groups -OCH3 is 1. The molecule has 0 N–H and O–H groups in total. The smallest absolute Gasteiger partial charge is 0.150 e. The highest BCUT2D eigenvalue weighted by atomic mass is 16.5. The molecule has 0 amide bonds. The van der Waals surface area contributed by atoms with Crippen molar-refractivity contribution in [2.75, 3.05) is 7.11 Å². The van der Waals surface area contributed by atoms with Gasteiger partial charge in [0.05, 0.1) is 7.11 Å². The van der Waals surface area contributed by atoms with Gasteiger partial charge in [-0.2, -0.15) is 0 Å². The zero-order valence-corrected chi connectivity index (χ0v) is 26.4. The quantitative estimate of drug-likeness (QED) is 0.123. The fraction of sp³-hybridized carbons (Fsp3) is 0.513. The molecule has 0 aliphatic heterocycles. The monoisotopic (exact) mass is 552 g/mol. The van der Waals surface area contributed by atoms with Crippen molar-refractivity contribution < 1.29 is 9.53 Å². The first kappa shape index (κ1) is 31.1. The topological polar surface area (TPSA) is 26.3 Å². The predicted molar refractivity (Wildman–Crippen MR) is 175 cm³/mol. The zero-order chi connectivity index (χ0) is 29.2. The van der Waals surface area contributed by atoms with Crippen LogP contribution in [0.5, 0.6) is 5.75 Å². The Bertz CT molecular complexity index is 1290. The summed E-state index contributed by atoms with van der Waals surface area (Å²) in [4.78, 5) is 12.2. The van der Waals surface area contributed by atoms with E-state index in [1.165, 1.54) is 118 Å².